The van der Waals surface area contributed by atoms with Crippen molar-refractivity contribution in [3.8, 4) is 11.8 Å². The van der Waals surface area contributed by atoms with Crippen LogP contribution in [0.5, 0.6) is 0 Å². The van der Waals surface area contributed by atoms with Gasteiger partial charge >= 0.3 is 5.69 Å². The molecule has 168 valence electrons. The van der Waals surface area contributed by atoms with Gasteiger partial charge in [-0.1, -0.05) is 60.4 Å². The smallest absolute Gasteiger partial charge is 0.351 e. The molecule has 3 atom stereocenters. The first kappa shape index (κ1) is 20.6. The van der Waals surface area contributed by atoms with E-state index in [2.05, 4.69) is 65.4 Å². The SMILES string of the molecule is Nc1nc(=O)n([C@H]2C[C@H](O)[C@@H](CO)O2)cc1C#Cc1ccc2ccc3cccc4ccc1c2c34. The molecule has 0 spiro atoms. The Balaban J connectivity index is 1.46. The molecule has 0 aliphatic carbocycles. The van der Waals surface area contributed by atoms with Gasteiger partial charge in [-0.05, 0) is 38.4 Å². The summed E-state index contributed by atoms with van der Waals surface area (Å²) < 4.78 is 6.87. The quantitative estimate of drug-likeness (QED) is 0.281. The van der Waals surface area contributed by atoms with Crippen molar-refractivity contribution >= 4 is 38.1 Å². The molecule has 5 aromatic rings. The summed E-state index contributed by atoms with van der Waals surface area (Å²) in [6, 6.07) is 18.8. The zero-order valence-corrected chi connectivity index (χ0v) is 18.1. The number of aliphatic hydroxyl groups excluding tert-OH is 2. The van der Waals surface area contributed by atoms with Crippen molar-refractivity contribution in [3.05, 3.63) is 82.4 Å². The highest BCUT2D eigenvalue weighted by atomic mass is 16.5. The largest absolute Gasteiger partial charge is 0.394 e. The maximum atomic E-state index is 12.4. The lowest BCUT2D eigenvalue weighted by atomic mass is 9.92. The van der Waals surface area contributed by atoms with Gasteiger partial charge in [-0.2, -0.15) is 4.98 Å². The minimum absolute atomic E-state index is 0.0312. The summed E-state index contributed by atoms with van der Waals surface area (Å²) >= 11 is 0. The number of hydrogen-bond acceptors (Lipinski definition) is 6. The third-order valence-corrected chi connectivity index (χ3v) is 6.54. The van der Waals surface area contributed by atoms with Gasteiger partial charge in [0.2, 0.25) is 0 Å². The lowest BCUT2D eigenvalue weighted by Gasteiger charge is -2.15. The number of nitrogens with two attached hydrogens (primary N) is 1. The molecule has 6 rings (SSSR count). The van der Waals surface area contributed by atoms with Crippen LogP contribution in [-0.2, 0) is 4.74 Å². The minimum Gasteiger partial charge on any atom is -0.394 e. The number of aromatic nitrogens is 2. The van der Waals surface area contributed by atoms with E-state index in [-0.39, 0.29) is 18.8 Å². The van der Waals surface area contributed by atoms with Crippen molar-refractivity contribution in [2.45, 2.75) is 24.9 Å². The van der Waals surface area contributed by atoms with Gasteiger partial charge in [0.25, 0.3) is 0 Å². The Labute approximate surface area is 194 Å². The van der Waals surface area contributed by atoms with Crippen molar-refractivity contribution in [1.29, 1.82) is 0 Å². The summed E-state index contributed by atoms with van der Waals surface area (Å²) in [6.45, 7) is -0.337. The van der Waals surface area contributed by atoms with Crippen LogP contribution in [0.1, 0.15) is 23.8 Å². The molecule has 4 aromatic carbocycles. The average Bonchev–Trinajstić information content (AvgIpc) is 3.22. The van der Waals surface area contributed by atoms with Crippen LogP contribution >= 0.6 is 0 Å². The van der Waals surface area contributed by atoms with Gasteiger partial charge in [-0.25, -0.2) is 4.79 Å². The van der Waals surface area contributed by atoms with Crippen LogP contribution in [0.25, 0.3) is 32.3 Å². The zero-order valence-electron chi connectivity index (χ0n) is 18.1. The molecular formula is C27H21N3O4. The summed E-state index contributed by atoms with van der Waals surface area (Å²) in [6.07, 6.45) is -0.696. The van der Waals surface area contributed by atoms with E-state index in [9.17, 15) is 15.0 Å². The molecule has 0 radical (unpaired) electrons. The first-order valence-corrected chi connectivity index (χ1v) is 11.0. The predicted octanol–water partition coefficient (Wildman–Crippen LogP) is 2.76. The van der Waals surface area contributed by atoms with E-state index in [0.29, 0.717) is 5.56 Å². The first-order valence-electron chi connectivity index (χ1n) is 11.0. The Hall–Kier alpha value is -3.96. The highest BCUT2D eigenvalue weighted by molar-refractivity contribution is 6.23. The monoisotopic (exact) mass is 451 g/mol. The second-order valence-electron chi connectivity index (χ2n) is 8.56. The summed E-state index contributed by atoms with van der Waals surface area (Å²) in [5.41, 5.74) is 6.64. The van der Waals surface area contributed by atoms with Crippen molar-refractivity contribution in [1.82, 2.24) is 9.55 Å². The third kappa shape index (κ3) is 3.20. The number of nitrogen functional groups attached to an aromatic ring is 1. The van der Waals surface area contributed by atoms with E-state index in [1.54, 1.807) is 0 Å². The lowest BCUT2D eigenvalue weighted by Crippen LogP contribution is -2.28. The standard InChI is InChI=1S/C27H21N3O4/c28-26-19(13-30(27(33)29-26)23-12-21(32)22(14-31)34-23)9-5-15-4-6-18-8-7-16-2-1-3-17-10-11-20(15)25(18)24(16)17/h1-4,6-8,10-11,13,21-23,31-32H,12,14H2,(H2,28,29,33)/t21-,22+,23+/m0/s1. The topological polar surface area (TPSA) is 111 Å². The van der Waals surface area contributed by atoms with Crippen molar-refractivity contribution in [3.63, 3.8) is 0 Å². The number of hydrogen-bond donors (Lipinski definition) is 3. The Morgan fingerprint density at radius 2 is 1.68 bits per heavy atom. The highest BCUT2D eigenvalue weighted by Crippen LogP contribution is 2.35. The predicted molar refractivity (Wildman–Crippen MR) is 131 cm³/mol. The van der Waals surface area contributed by atoms with Crippen LogP contribution in [0.3, 0.4) is 0 Å². The second kappa shape index (κ2) is 7.82. The van der Waals surface area contributed by atoms with Gasteiger partial charge in [0.1, 0.15) is 18.1 Å². The molecule has 1 aliphatic heterocycles. The van der Waals surface area contributed by atoms with E-state index >= 15 is 0 Å². The zero-order chi connectivity index (χ0) is 23.4. The number of aliphatic hydroxyl groups is 2. The van der Waals surface area contributed by atoms with Crippen LogP contribution in [-0.4, -0.2) is 38.6 Å². The van der Waals surface area contributed by atoms with Gasteiger partial charge in [0.05, 0.1) is 18.3 Å². The van der Waals surface area contributed by atoms with Crippen LogP contribution in [0.4, 0.5) is 5.82 Å². The molecule has 1 aliphatic rings. The Bertz CT molecular complexity index is 1670. The van der Waals surface area contributed by atoms with Gasteiger partial charge in [-0.3, -0.25) is 4.57 Å². The van der Waals surface area contributed by atoms with Gasteiger partial charge in [0.15, 0.2) is 0 Å². The number of anilines is 1. The molecule has 34 heavy (non-hydrogen) atoms. The minimum atomic E-state index is -0.869. The Morgan fingerprint density at radius 3 is 2.41 bits per heavy atom. The molecule has 1 saturated heterocycles. The summed E-state index contributed by atoms with van der Waals surface area (Å²) in [4.78, 5) is 16.3. The first-order chi connectivity index (χ1) is 16.5. The fourth-order valence-corrected chi connectivity index (χ4v) is 4.81. The second-order valence-corrected chi connectivity index (χ2v) is 8.56. The fraction of sp³-hybridized carbons (Fsp3) is 0.185. The number of nitrogens with zero attached hydrogens (tertiary/aromatic N) is 2. The Morgan fingerprint density at radius 1 is 1.00 bits per heavy atom. The van der Waals surface area contributed by atoms with Gasteiger partial charge in [0, 0.05) is 18.2 Å². The molecule has 4 N–H and O–H groups in total. The van der Waals surface area contributed by atoms with E-state index in [0.717, 1.165) is 16.3 Å². The maximum Gasteiger partial charge on any atom is 0.351 e. The molecule has 0 amide bonds. The maximum absolute atomic E-state index is 12.4. The fourth-order valence-electron chi connectivity index (χ4n) is 4.81. The molecule has 0 saturated carbocycles. The van der Waals surface area contributed by atoms with Crippen molar-refractivity contribution in [2.75, 3.05) is 12.3 Å². The Kier molecular flexibility index (Phi) is 4.74. The molecule has 7 heteroatoms. The summed E-state index contributed by atoms with van der Waals surface area (Å²) in [5, 5.41) is 26.3. The van der Waals surface area contributed by atoms with E-state index < -0.39 is 24.1 Å². The number of rotatable bonds is 2. The molecule has 0 unspecified atom stereocenters. The molecule has 7 nitrogen and oxygen atoms in total. The molecule has 0 bridgehead atoms. The summed E-state index contributed by atoms with van der Waals surface area (Å²) in [5.74, 6) is 6.30. The van der Waals surface area contributed by atoms with Crippen LogP contribution in [0.2, 0.25) is 0 Å². The third-order valence-electron chi connectivity index (χ3n) is 6.54. The van der Waals surface area contributed by atoms with E-state index in [4.69, 9.17) is 10.5 Å². The summed E-state index contributed by atoms with van der Waals surface area (Å²) in [7, 11) is 0. The van der Waals surface area contributed by atoms with E-state index in [1.807, 2.05) is 6.07 Å². The van der Waals surface area contributed by atoms with Crippen LogP contribution < -0.4 is 11.4 Å². The van der Waals surface area contributed by atoms with Gasteiger partial charge in [-0.15, -0.1) is 0 Å². The van der Waals surface area contributed by atoms with E-state index in [1.165, 1.54) is 32.3 Å². The molecule has 1 fully saturated rings. The van der Waals surface area contributed by atoms with Crippen LogP contribution in [0.15, 0.2) is 65.6 Å². The van der Waals surface area contributed by atoms with Crippen LogP contribution in [0, 0.1) is 11.8 Å². The number of ether oxygens (including phenoxy) is 1. The average molecular weight is 451 g/mol. The molecule has 1 aromatic heterocycles. The molecule has 2 heterocycles. The lowest BCUT2D eigenvalue weighted by molar-refractivity contribution is -0.0458. The van der Waals surface area contributed by atoms with Gasteiger partial charge < -0.3 is 20.7 Å². The molecular weight excluding hydrogens is 430 g/mol. The van der Waals surface area contributed by atoms with Crippen molar-refractivity contribution in [2.24, 2.45) is 0 Å². The van der Waals surface area contributed by atoms with Crippen molar-refractivity contribution < 1.29 is 14.9 Å². The normalized spacial score (nSPS) is 20.2. The highest BCUT2D eigenvalue weighted by Gasteiger charge is 2.35. The number of benzene rings is 4.